The first kappa shape index (κ1) is 25.8. The van der Waals surface area contributed by atoms with Crippen LogP contribution in [-0.4, -0.2) is 58.1 Å². The van der Waals surface area contributed by atoms with E-state index in [4.69, 9.17) is 14.2 Å². The predicted molar refractivity (Wildman–Crippen MR) is 132 cm³/mol. The van der Waals surface area contributed by atoms with Gasteiger partial charge >= 0.3 is 0 Å². The predicted octanol–water partition coefficient (Wildman–Crippen LogP) is 4.12. The molecule has 0 aliphatic carbocycles. The summed E-state index contributed by atoms with van der Waals surface area (Å²) in [4.78, 5) is 15.4. The first-order valence-electron chi connectivity index (χ1n) is 11.8. The molecule has 1 aliphatic heterocycles. The highest BCUT2D eigenvalue weighted by Crippen LogP contribution is 2.40. The van der Waals surface area contributed by atoms with Crippen molar-refractivity contribution in [1.29, 1.82) is 0 Å². The number of hydrogen-bond donors (Lipinski definition) is 0. The Balaban J connectivity index is 1.97. The van der Waals surface area contributed by atoms with Crippen molar-refractivity contribution < 1.29 is 27.4 Å². The van der Waals surface area contributed by atoms with E-state index in [0.29, 0.717) is 74.4 Å². The van der Waals surface area contributed by atoms with E-state index >= 15 is 0 Å². The fourth-order valence-corrected chi connectivity index (χ4v) is 5.64. The first-order chi connectivity index (χ1) is 16.3. The minimum absolute atomic E-state index is 0.206. The highest BCUT2D eigenvalue weighted by atomic mass is 32.2. The maximum absolute atomic E-state index is 13.5. The lowest BCUT2D eigenvalue weighted by atomic mass is 10.1. The summed E-state index contributed by atoms with van der Waals surface area (Å²) >= 11 is 0. The molecule has 0 saturated carbocycles. The smallest absolute Gasteiger partial charge is 0.258 e. The molecule has 0 spiro atoms. The molecule has 2 aromatic rings. The van der Waals surface area contributed by atoms with Crippen molar-refractivity contribution in [3.05, 3.63) is 41.5 Å². The fourth-order valence-electron chi connectivity index (χ4n) is 4.13. The van der Waals surface area contributed by atoms with Crippen LogP contribution in [0.15, 0.2) is 35.2 Å². The number of amides is 1. The Labute approximate surface area is 202 Å². The molecular formula is C25H34N2O6S. The number of sulfonamides is 1. The third kappa shape index (κ3) is 5.00. The maximum Gasteiger partial charge on any atom is 0.258 e. The van der Waals surface area contributed by atoms with Gasteiger partial charge in [-0.15, -0.1) is 0 Å². The lowest BCUT2D eigenvalue weighted by Gasteiger charge is -2.21. The van der Waals surface area contributed by atoms with Gasteiger partial charge in [-0.2, -0.15) is 4.31 Å². The fraction of sp³-hybridized carbons (Fsp3) is 0.480. The SMILES string of the molecule is CCOc1cc(C(=O)N2CCc3cc(S(=O)(=O)N(CC)CC)ccc32)cc(OCC)c1OCC. The van der Waals surface area contributed by atoms with Gasteiger partial charge < -0.3 is 19.1 Å². The normalized spacial score (nSPS) is 13.2. The van der Waals surface area contributed by atoms with Gasteiger partial charge in [0.15, 0.2) is 11.5 Å². The second kappa shape index (κ2) is 11.1. The van der Waals surface area contributed by atoms with Crippen molar-refractivity contribution in [2.75, 3.05) is 44.4 Å². The van der Waals surface area contributed by atoms with Crippen LogP contribution in [0.4, 0.5) is 5.69 Å². The largest absolute Gasteiger partial charge is 0.490 e. The first-order valence-corrected chi connectivity index (χ1v) is 13.3. The zero-order valence-electron chi connectivity index (χ0n) is 20.6. The Bertz CT molecular complexity index is 1100. The number of benzene rings is 2. The molecule has 0 fully saturated rings. The Morgan fingerprint density at radius 2 is 1.50 bits per heavy atom. The van der Waals surface area contributed by atoms with Crippen molar-refractivity contribution in [2.45, 2.75) is 45.9 Å². The Hall–Kier alpha value is -2.78. The molecule has 1 amide bonds. The molecule has 186 valence electrons. The highest BCUT2D eigenvalue weighted by molar-refractivity contribution is 7.89. The van der Waals surface area contributed by atoms with Crippen LogP contribution in [-0.2, 0) is 16.4 Å². The molecule has 0 atom stereocenters. The Morgan fingerprint density at radius 1 is 0.912 bits per heavy atom. The zero-order chi connectivity index (χ0) is 24.9. The molecule has 2 aromatic carbocycles. The van der Waals surface area contributed by atoms with Gasteiger partial charge in [-0.05, 0) is 63.1 Å². The second-order valence-electron chi connectivity index (χ2n) is 7.69. The van der Waals surface area contributed by atoms with E-state index in [9.17, 15) is 13.2 Å². The summed E-state index contributed by atoms with van der Waals surface area (Å²) in [6.45, 7) is 11.8. The summed E-state index contributed by atoms with van der Waals surface area (Å²) in [5, 5.41) is 0. The maximum atomic E-state index is 13.5. The molecule has 0 aromatic heterocycles. The lowest BCUT2D eigenvalue weighted by Crippen LogP contribution is -2.30. The van der Waals surface area contributed by atoms with E-state index in [0.717, 1.165) is 5.56 Å². The molecule has 1 aliphatic rings. The van der Waals surface area contributed by atoms with E-state index < -0.39 is 10.0 Å². The third-order valence-electron chi connectivity index (χ3n) is 5.69. The number of hydrogen-bond acceptors (Lipinski definition) is 6. The second-order valence-corrected chi connectivity index (χ2v) is 9.63. The van der Waals surface area contributed by atoms with Gasteiger partial charge in [-0.25, -0.2) is 8.42 Å². The van der Waals surface area contributed by atoms with Gasteiger partial charge in [0.2, 0.25) is 15.8 Å². The summed E-state index contributed by atoms with van der Waals surface area (Å²) in [7, 11) is -3.56. The van der Waals surface area contributed by atoms with Crippen LogP contribution in [0.5, 0.6) is 17.2 Å². The molecule has 34 heavy (non-hydrogen) atoms. The molecule has 8 nitrogen and oxygen atoms in total. The van der Waals surface area contributed by atoms with Gasteiger partial charge in [-0.1, -0.05) is 13.8 Å². The standard InChI is InChI=1S/C25H34N2O6S/c1-6-26(7-2)34(29,30)20-11-12-21-18(15-20)13-14-27(21)25(28)19-16-22(31-8-3)24(33-10-5)23(17-19)32-9-4/h11-12,15-17H,6-10,13-14H2,1-5H3. The number of rotatable bonds is 11. The number of carbonyl (C=O) groups is 1. The van der Waals surface area contributed by atoms with Crippen molar-refractivity contribution in [3.8, 4) is 17.2 Å². The molecule has 9 heteroatoms. The van der Waals surface area contributed by atoms with Crippen LogP contribution in [0.25, 0.3) is 0 Å². The topological polar surface area (TPSA) is 85.4 Å². The quantitative estimate of drug-likeness (QED) is 0.471. The summed E-state index contributed by atoms with van der Waals surface area (Å²) in [6, 6.07) is 8.34. The molecule has 3 rings (SSSR count). The molecular weight excluding hydrogens is 456 g/mol. The Kier molecular flexibility index (Phi) is 8.43. The molecule has 0 unspecified atom stereocenters. The minimum atomic E-state index is -3.56. The van der Waals surface area contributed by atoms with Crippen LogP contribution in [0.2, 0.25) is 0 Å². The summed E-state index contributed by atoms with van der Waals surface area (Å²) in [5.74, 6) is 1.19. The van der Waals surface area contributed by atoms with Crippen molar-refractivity contribution in [1.82, 2.24) is 4.31 Å². The highest BCUT2D eigenvalue weighted by Gasteiger charge is 2.30. The summed E-state index contributed by atoms with van der Waals surface area (Å²) in [5.41, 5.74) is 1.97. The summed E-state index contributed by atoms with van der Waals surface area (Å²) < 4.78 is 44.5. The number of anilines is 1. The monoisotopic (exact) mass is 490 g/mol. The molecule has 0 saturated heterocycles. The van der Waals surface area contributed by atoms with Gasteiger partial charge in [0.05, 0.1) is 24.7 Å². The Morgan fingerprint density at radius 3 is 2.03 bits per heavy atom. The van der Waals surface area contributed by atoms with E-state index in [1.807, 2.05) is 34.6 Å². The van der Waals surface area contributed by atoms with Crippen LogP contribution >= 0.6 is 0 Å². The average Bonchev–Trinajstić information content (AvgIpc) is 3.24. The van der Waals surface area contributed by atoms with Gasteiger partial charge in [0.25, 0.3) is 5.91 Å². The van der Waals surface area contributed by atoms with Crippen LogP contribution in [0.1, 0.15) is 50.5 Å². The van der Waals surface area contributed by atoms with E-state index in [2.05, 4.69) is 0 Å². The molecule has 0 bridgehead atoms. The van der Waals surface area contributed by atoms with E-state index in [1.165, 1.54) is 4.31 Å². The minimum Gasteiger partial charge on any atom is -0.490 e. The third-order valence-corrected chi connectivity index (χ3v) is 7.74. The number of fused-ring (bicyclic) bond motifs is 1. The molecule has 0 radical (unpaired) electrons. The average molecular weight is 491 g/mol. The van der Waals surface area contributed by atoms with Crippen LogP contribution in [0, 0.1) is 0 Å². The lowest BCUT2D eigenvalue weighted by molar-refractivity contribution is 0.0988. The number of carbonyl (C=O) groups excluding carboxylic acids is 1. The molecule has 0 N–H and O–H groups in total. The molecule has 1 heterocycles. The number of ether oxygens (including phenoxy) is 3. The number of nitrogens with zero attached hydrogens (tertiary/aromatic N) is 2. The van der Waals surface area contributed by atoms with Crippen LogP contribution < -0.4 is 19.1 Å². The van der Waals surface area contributed by atoms with Crippen molar-refractivity contribution in [3.63, 3.8) is 0 Å². The van der Waals surface area contributed by atoms with Crippen molar-refractivity contribution in [2.24, 2.45) is 0 Å². The summed E-state index contributed by atoms with van der Waals surface area (Å²) in [6.07, 6.45) is 0.580. The van der Waals surface area contributed by atoms with Gasteiger partial charge in [0.1, 0.15) is 0 Å². The van der Waals surface area contributed by atoms with Crippen molar-refractivity contribution >= 4 is 21.6 Å². The van der Waals surface area contributed by atoms with Gasteiger partial charge in [0, 0.05) is 30.9 Å². The zero-order valence-corrected chi connectivity index (χ0v) is 21.4. The van der Waals surface area contributed by atoms with Crippen LogP contribution in [0.3, 0.4) is 0 Å². The van der Waals surface area contributed by atoms with E-state index in [-0.39, 0.29) is 10.8 Å². The van der Waals surface area contributed by atoms with Gasteiger partial charge in [-0.3, -0.25) is 4.79 Å². The van der Waals surface area contributed by atoms with E-state index in [1.54, 1.807) is 35.2 Å².